The average molecular weight is 496 g/mol. The fourth-order valence-corrected chi connectivity index (χ4v) is 4.27. The molecule has 9 nitrogen and oxygen atoms in total. The molecule has 190 valence electrons. The van der Waals surface area contributed by atoms with Crippen molar-refractivity contribution in [2.45, 2.75) is 26.5 Å². The molecule has 2 heterocycles. The molecule has 0 N–H and O–H groups in total. The molecular weight excluding hydrogens is 466 g/mol. The van der Waals surface area contributed by atoms with Gasteiger partial charge in [-0.1, -0.05) is 12.1 Å². The largest absolute Gasteiger partial charge is 0.493 e. The molecule has 1 aliphatic rings. The lowest BCUT2D eigenvalue weighted by Gasteiger charge is -2.27. The zero-order valence-electron chi connectivity index (χ0n) is 21.0. The molecule has 1 atom stereocenters. The van der Waals surface area contributed by atoms with Crippen molar-refractivity contribution in [1.29, 1.82) is 0 Å². The monoisotopic (exact) mass is 495 g/mol. The topological polar surface area (TPSA) is 94.5 Å². The van der Waals surface area contributed by atoms with Crippen LogP contribution in [0.15, 0.2) is 42.5 Å². The predicted molar refractivity (Wildman–Crippen MR) is 131 cm³/mol. The molecule has 2 aromatic carbocycles. The smallest absolute Gasteiger partial charge is 0.342 e. The zero-order chi connectivity index (χ0) is 25.8. The van der Waals surface area contributed by atoms with E-state index in [0.29, 0.717) is 30.2 Å². The molecule has 0 saturated carbocycles. The molecule has 0 amide bonds. The average Bonchev–Trinajstić information content (AvgIpc) is 3.18. The molecule has 0 radical (unpaired) electrons. The number of nitrogens with zero attached hydrogens (tertiary/aromatic N) is 1. The van der Waals surface area contributed by atoms with Gasteiger partial charge in [-0.15, -0.1) is 0 Å². The first kappa shape index (κ1) is 25.0. The number of methoxy groups -OCH3 is 3. The van der Waals surface area contributed by atoms with Gasteiger partial charge in [-0.3, -0.25) is 4.79 Å². The van der Waals surface area contributed by atoms with Gasteiger partial charge in [0.1, 0.15) is 12.2 Å². The Morgan fingerprint density at radius 2 is 1.67 bits per heavy atom. The van der Waals surface area contributed by atoms with Crippen molar-refractivity contribution in [2.75, 3.05) is 34.5 Å². The number of para-hydroxylation sites is 2. The summed E-state index contributed by atoms with van der Waals surface area (Å²) < 4.78 is 35.1. The number of carbonyl (C=O) groups excluding carboxylic acids is 2. The van der Waals surface area contributed by atoms with E-state index in [1.165, 1.54) is 27.4 Å². The summed E-state index contributed by atoms with van der Waals surface area (Å²) in [6.45, 7) is 4.28. The highest BCUT2D eigenvalue weighted by Crippen LogP contribution is 2.40. The molecule has 0 bridgehead atoms. The van der Waals surface area contributed by atoms with E-state index in [9.17, 15) is 9.59 Å². The predicted octanol–water partition coefficient (Wildman–Crippen LogP) is 4.01. The molecule has 4 rings (SSSR count). The highest BCUT2D eigenvalue weighted by molar-refractivity contribution is 6.01. The summed E-state index contributed by atoms with van der Waals surface area (Å²) in [7, 11) is 4.34. The minimum Gasteiger partial charge on any atom is -0.493 e. The van der Waals surface area contributed by atoms with E-state index in [-0.39, 0.29) is 28.9 Å². The number of aryl methyl sites for hydroxylation is 1. The van der Waals surface area contributed by atoms with E-state index in [1.54, 1.807) is 12.1 Å². The van der Waals surface area contributed by atoms with Gasteiger partial charge in [0, 0.05) is 17.0 Å². The minimum atomic E-state index is -0.707. The number of Topliss-reactive ketones (excluding diaryl/α,β-unsaturated/α-hetero) is 1. The van der Waals surface area contributed by atoms with Gasteiger partial charge in [-0.2, -0.15) is 0 Å². The molecule has 0 aliphatic carbocycles. The lowest BCUT2D eigenvalue weighted by atomic mass is 10.1. The first-order valence-electron chi connectivity index (χ1n) is 11.4. The number of rotatable bonds is 9. The van der Waals surface area contributed by atoms with Crippen molar-refractivity contribution < 1.29 is 38.0 Å². The summed E-state index contributed by atoms with van der Waals surface area (Å²) in [5.74, 6) is 1.24. The number of esters is 1. The maximum atomic E-state index is 13.0. The van der Waals surface area contributed by atoms with E-state index in [4.69, 9.17) is 28.4 Å². The Hall–Kier alpha value is -4.14. The van der Waals surface area contributed by atoms with Crippen LogP contribution in [0.1, 0.15) is 32.1 Å². The number of hydrogen-bond donors (Lipinski definition) is 0. The summed E-state index contributed by atoms with van der Waals surface area (Å²) >= 11 is 0. The molecular formula is C27H29NO8. The number of ether oxygens (including phenoxy) is 6. The highest BCUT2D eigenvalue weighted by atomic mass is 16.6. The third-order valence-electron chi connectivity index (χ3n) is 6.09. The van der Waals surface area contributed by atoms with Crippen molar-refractivity contribution in [3.63, 3.8) is 0 Å². The number of ketones is 1. The molecule has 0 spiro atoms. The Bertz CT molecular complexity index is 1280. The van der Waals surface area contributed by atoms with E-state index in [0.717, 1.165) is 17.1 Å². The lowest BCUT2D eigenvalue weighted by molar-refractivity contribution is 0.0470. The molecule has 3 aromatic rings. The van der Waals surface area contributed by atoms with Gasteiger partial charge < -0.3 is 33.0 Å². The van der Waals surface area contributed by atoms with E-state index >= 15 is 0 Å². The Morgan fingerprint density at radius 1 is 0.944 bits per heavy atom. The second-order valence-corrected chi connectivity index (χ2v) is 8.27. The van der Waals surface area contributed by atoms with Crippen molar-refractivity contribution >= 4 is 11.8 Å². The van der Waals surface area contributed by atoms with Crippen molar-refractivity contribution in [2.24, 2.45) is 0 Å². The summed E-state index contributed by atoms with van der Waals surface area (Å²) in [4.78, 5) is 25.7. The number of benzene rings is 2. The van der Waals surface area contributed by atoms with Gasteiger partial charge in [0.2, 0.25) is 11.5 Å². The van der Waals surface area contributed by atoms with Gasteiger partial charge in [-0.05, 0) is 44.2 Å². The number of carbonyl (C=O) groups is 2. The maximum absolute atomic E-state index is 13.0. The molecule has 0 saturated heterocycles. The van der Waals surface area contributed by atoms with Crippen molar-refractivity contribution in [1.82, 2.24) is 4.57 Å². The van der Waals surface area contributed by atoms with Crippen LogP contribution < -0.4 is 23.7 Å². The van der Waals surface area contributed by atoms with Crippen LogP contribution in [0, 0.1) is 13.8 Å². The SMILES string of the molecule is COc1ccc(C(=O)OCC(=O)c2cc(C)n(CC3COc4ccccc4O3)c2C)c(OC)c1OC. The second kappa shape index (κ2) is 10.6. The van der Waals surface area contributed by atoms with Crippen LogP contribution in [0.4, 0.5) is 0 Å². The van der Waals surface area contributed by atoms with Crippen molar-refractivity contribution in [3.8, 4) is 28.7 Å². The summed E-state index contributed by atoms with van der Waals surface area (Å²) in [6.07, 6.45) is -0.206. The van der Waals surface area contributed by atoms with Gasteiger partial charge in [0.05, 0.1) is 27.9 Å². The Morgan fingerprint density at radius 3 is 2.36 bits per heavy atom. The number of fused-ring (bicyclic) bond motifs is 1. The molecule has 1 aliphatic heterocycles. The minimum absolute atomic E-state index is 0.128. The molecule has 1 unspecified atom stereocenters. The Kier molecular flexibility index (Phi) is 7.38. The number of hydrogen-bond acceptors (Lipinski definition) is 8. The van der Waals surface area contributed by atoms with Gasteiger partial charge in [0.25, 0.3) is 0 Å². The van der Waals surface area contributed by atoms with Crippen LogP contribution in [0.3, 0.4) is 0 Å². The van der Waals surface area contributed by atoms with Crippen LogP contribution in [0.5, 0.6) is 28.7 Å². The number of aromatic nitrogens is 1. The van der Waals surface area contributed by atoms with E-state index in [2.05, 4.69) is 0 Å². The maximum Gasteiger partial charge on any atom is 0.342 e. The highest BCUT2D eigenvalue weighted by Gasteiger charge is 2.26. The van der Waals surface area contributed by atoms with Crippen LogP contribution in [0.25, 0.3) is 0 Å². The van der Waals surface area contributed by atoms with Gasteiger partial charge in [0.15, 0.2) is 35.7 Å². The van der Waals surface area contributed by atoms with Crippen LogP contribution >= 0.6 is 0 Å². The standard InChI is InChI=1S/C27H29NO8/c1-16-12-20(17(2)28(16)13-18-14-34-22-8-6-7-9-23(22)36-18)21(29)15-35-27(30)19-10-11-24(31-3)26(33-5)25(19)32-4/h6-12,18H,13-15H2,1-5H3. The molecule has 9 heteroatoms. The van der Waals surface area contributed by atoms with Crippen LogP contribution in [-0.2, 0) is 11.3 Å². The van der Waals surface area contributed by atoms with E-state index in [1.807, 2.05) is 42.7 Å². The molecule has 1 aromatic heterocycles. The first-order chi connectivity index (χ1) is 17.4. The third kappa shape index (κ3) is 4.82. The van der Waals surface area contributed by atoms with Crippen LogP contribution in [0.2, 0.25) is 0 Å². The summed E-state index contributed by atoms with van der Waals surface area (Å²) in [6, 6.07) is 12.4. The van der Waals surface area contributed by atoms with Crippen LogP contribution in [-0.4, -0.2) is 57.0 Å². The lowest BCUT2D eigenvalue weighted by Crippen LogP contribution is -2.33. The van der Waals surface area contributed by atoms with Crippen molar-refractivity contribution in [3.05, 3.63) is 65.0 Å². The second-order valence-electron chi connectivity index (χ2n) is 8.27. The quantitative estimate of drug-likeness (QED) is 0.325. The summed E-state index contributed by atoms with van der Waals surface area (Å²) in [5.41, 5.74) is 2.27. The summed E-state index contributed by atoms with van der Waals surface area (Å²) in [5, 5.41) is 0. The fraction of sp³-hybridized carbons (Fsp3) is 0.333. The fourth-order valence-electron chi connectivity index (χ4n) is 4.27. The zero-order valence-corrected chi connectivity index (χ0v) is 21.0. The molecule has 0 fully saturated rings. The van der Waals surface area contributed by atoms with Gasteiger partial charge >= 0.3 is 5.97 Å². The van der Waals surface area contributed by atoms with E-state index < -0.39 is 12.6 Å². The molecule has 36 heavy (non-hydrogen) atoms. The normalized spacial score (nSPS) is 14.2. The third-order valence-corrected chi connectivity index (χ3v) is 6.09. The van der Waals surface area contributed by atoms with Gasteiger partial charge in [-0.25, -0.2) is 4.79 Å². The Balaban J connectivity index is 1.44. The first-order valence-corrected chi connectivity index (χ1v) is 11.4. The Labute approximate surface area is 209 Å².